The number of aryl methyl sites for hydroxylation is 1. The van der Waals surface area contributed by atoms with Crippen molar-refractivity contribution >= 4 is 34.9 Å². The van der Waals surface area contributed by atoms with E-state index in [9.17, 15) is 18.4 Å². The third-order valence-corrected chi connectivity index (χ3v) is 7.50. The summed E-state index contributed by atoms with van der Waals surface area (Å²) < 4.78 is 35.7. The molecule has 0 spiro atoms. The van der Waals surface area contributed by atoms with Crippen molar-refractivity contribution in [1.29, 1.82) is 0 Å². The topological polar surface area (TPSA) is 200 Å². The number of aromatic nitrogens is 3. The first-order valence-electron chi connectivity index (χ1n) is 15.1. The second-order valence-corrected chi connectivity index (χ2v) is 11.0. The van der Waals surface area contributed by atoms with Crippen LogP contribution in [0.5, 0.6) is 5.75 Å². The van der Waals surface area contributed by atoms with Crippen LogP contribution >= 0.6 is 0 Å². The minimum absolute atomic E-state index is 0.00139. The fourth-order valence-electron chi connectivity index (χ4n) is 4.91. The molecule has 2 atom stereocenters. The first-order chi connectivity index (χ1) is 22.5. The Kier molecular flexibility index (Phi) is 11.6. The summed E-state index contributed by atoms with van der Waals surface area (Å²) in [6.07, 6.45) is 6.17. The molecule has 0 bridgehead atoms. The zero-order valence-corrected chi connectivity index (χ0v) is 26.5. The van der Waals surface area contributed by atoms with E-state index in [1.54, 1.807) is 22.7 Å². The number of imidazole rings is 1. The second kappa shape index (κ2) is 15.8. The lowest BCUT2D eigenvalue weighted by Crippen LogP contribution is -2.43. The Hall–Kier alpha value is -5.31. The van der Waals surface area contributed by atoms with Gasteiger partial charge >= 0.3 is 0 Å². The van der Waals surface area contributed by atoms with E-state index in [1.165, 1.54) is 31.6 Å². The maximum Gasteiger partial charge on any atom is 0.251 e. The van der Waals surface area contributed by atoms with Gasteiger partial charge in [-0.05, 0) is 61.1 Å². The number of hydrogen-bond acceptors (Lipinski definition) is 8. The van der Waals surface area contributed by atoms with Crippen molar-refractivity contribution in [2.45, 2.75) is 39.2 Å². The highest BCUT2D eigenvalue weighted by Gasteiger charge is 2.20. The summed E-state index contributed by atoms with van der Waals surface area (Å²) in [5.74, 6) is -2.50. The minimum Gasteiger partial charge on any atom is -0.494 e. The molecule has 2 aromatic heterocycles. The molecule has 0 aliphatic rings. The number of benzene rings is 2. The van der Waals surface area contributed by atoms with Crippen LogP contribution in [0.2, 0.25) is 0 Å². The number of methoxy groups -OCH3 is 1. The van der Waals surface area contributed by atoms with Crippen molar-refractivity contribution in [1.82, 2.24) is 25.0 Å². The molecular formula is C32H40F2N10O3. The molecule has 0 fully saturated rings. The van der Waals surface area contributed by atoms with Crippen LogP contribution in [0.25, 0.3) is 16.9 Å². The predicted octanol–water partition coefficient (Wildman–Crippen LogP) is 2.85. The first kappa shape index (κ1) is 34.6. The molecule has 0 radical (unpaired) electrons. The second-order valence-electron chi connectivity index (χ2n) is 11.0. The number of rotatable bonds is 15. The van der Waals surface area contributed by atoms with Gasteiger partial charge in [0, 0.05) is 48.8 Å². The van der Waals surface area contributed by atoms with Gasteiger partial charge in [0.1, 0.15) is 0 Å². The van der Waals surface area contributed by atoms with Crippen LogP contribution in [0.3, 0.4) is 0 Å². The Bertz CT molecular complexity index is 1760. The highest BCUT2D eigenvalue weighted by molar-refractivity contribution is 5.96. The van der Waals surface area contributed by atoms with Crippen molar-refractivity contribution in [2.75, 3.05) is 32.1 Å². The normalized spacial score (nSPS) is 12.3. The van der Waals surface area contributed by atoms with E-state index in [-0.39, 0.29) is 35.0 Å². The van der Waals surface area contributed by atoms with E-state index in [1.807, 2.05) is 19.9 Å². The standard InChI is InChI=1S/C32H40F2N10O3/c1-4-19-14-20(7-8-21(19)30(45)41-15-18(2)16-42-31(46)23(35)6-5-11-39-32(36)37)43-28-29-40-17-24(44(29)13-12-38-28)22-9-10-25(47-3)27(34)26(22)33/h7-10,12-14,17-18,23H,4-6,11,15-16,35H2,1-3H3,(H,38,43)(H,41,45)(H,42,46)(H4,36,37,39). The molecule has 4 aromatic rings. The largest absolute Gasteiger partial charge is 0.494 e. The monoisotopic (exact) mass is 650 g/mol. The third-order valence-electron chi connectivity index (χ3n) is 7.50. The lowest BCUT2D eigenvalue weighted by Gasteiger charge is -2.17. The minimum atomic E-state index is -1.09. The van der Waals surface area contributed by atoms with Crippen molar-refractivity contribution in [3.05, 3.63) is 71.7 Å². The summed E-state index contributed by atoms with van der Waals surface area (Å²) in [5, 5.41) is 8.98. The van der Waals surface area contributed by atoms with Crippen molar-refractivity contribution < 1.29 is 23.1 Å². The van der Waals surface area contributed by atoms with Gasteiger partial charge in [0.15, 0.2) is 29.0 Å². The van der Waals surface area contributed by atoms with Gasteiger partial charge < -0.3 is 37.9 Å². The van der Waals surface area contributed by atoms with E-state index >= 15 is 0 Å². The molecule has 15 heteroatoms. The SMILES string of the molecule is CCc1cc(Nc2nccn3c(-c4ccc(OC)c(F)c4F)cnc23)ccc1C(=O)NCC(C)CNC(=O)C(N)CCCN=C(N)N. The lowest BCUT2D eigenvalue weighted by molar-refractivity contribution is -0.122. The highest BCUT2D eigenvalue weighted by atomic mass is 19.2. The van der Waals surface area contributed by atoms with Crippen LogP contribution in [0.1, 0.15) is 42.6 Å². The number of amides is 2. The molecule has 0 aliphatic heterocycles. The zero-order valence-electron chi connectivity index (χ0n) is 26.5. The number of fused-ring (bicyclic) bond motifs is 1. The van der Waals surface area contributed by atoms with Crippen LogP contribution < -0.4 is 37.9 Å². The predicted molar refractivity (Wildman–Crippen MR) is 176 cm³/mol. The maximum absolute atomic E-state index is 14.8. The molecule has 2 unspecified atom stereocenters. The molecular weight excluding hydrogens is 610 g/mol. The van der Waals surface area contributed by atoms with Gasteiger partial charge in [-0.2, -0.15) is 4.39 Å². The number of nitrogens with one attached hydrogen (secondary N) is 3. The Morgan fingerprint density at radius 1 is 1.09 bits per heavy atom. The number of ether oxygens (including phenoxy) is 1. The number of nitrogens with zero attached hydrogens (tertiary/aromatic N) is 4. The number of aliphatic imine (C=N–C) groups is 1. The average Bonchev–Trinajstić information content (AvgIpc) is 3.50. The van der Waals surface area contributed by atoms with Crippen LogP contribution in [0, 0.1) is 17.6 Å². The number of anilines is 2. The van der Waals surface area contributed by atoms with Gasteiger partial charge in [-0.1, -0.05) is 13.8 Å². The van der Waals surface area contributed by atoms with Gasteiger partial charge in [0.2, 0.25) is 11.7 Å². The summed E-state index contributed by atoms with van der Waals surface area (Å²) in [6.45, 7) is 4.94. The van der Waals surface area contributed by atoms with Crippen LogP contribution in [-0.4, -0.2) is 64.9 Å². The van der Waals surface area contributed by atoms with Crippen molar-refractivity contribution in [2.24, 2.45) is 28.1 Å². The van der Waals surface area contributed by atoms with Gasteiger partial charge in [-0.3, -0.25) is 19.0 Å². The summed E-state index contributed by atoms with van der Waals surface area (Å²) in [5.41, 5.74) is 19.3. The van der Waals surface area contributed by atoms with Gasteiger partial charge in [0.05, 0.1) is 25.0 Å². The number of hydrogen-bond donors (Lipinski definition) is 6. The van der Waals surface area contributed by atoms with E-state index in [4.69, 9.17) is 21.9 Å². The molecule has 2 amide bonds. The Morgan fingerprint density at radius 2 is 1.85 bits per heavy atom. The molecule has 0 saturated carbocycles. The molecule has 47 heavy (non-hydrogen) atoms. The molecule has 2 heterocycles. The third kappa shape index (κ3) is 8.49. The molecule has 2 aromatic carbocycles. The van der Waals surface area contributed by atoms with Crippen LogP contribution in [0.15, 0.2) is 53.9 Å². The number of guanidine groups is 1. The molecule has 0 aliphatic carbocycles. The van der Waals surface area contributed by atoms with Gasteiger partial charge in [0.25, 0.3) is 5.91 Å². The van der Waals surface area contributed by atoms with E-state index in [2.05, 4.69) is 30.9 Å². The summed E-state index contributed by atoms with van der Waals surface area (Å²) in [7, 11) is 1.27. The fourth-order valence-corrected chi connectivity index (χ4v) is 4.91. The zero-order chi connectivity index (χ0) is 34.1. The first-order valence-corrected chi connectivity index (χ1v) is 15.1. The highest BCUT2D eigenvalue weighted by Crippen LogP contribution is 2.31. The van der Waals surface area contributed by atoms with E-state index in [0.29, 0.717) is 67.3 Å². The van der Waals surface area contributed by atoms with Crippen molar-refractivity contribution in [3.8, 4) is 17.0 Å². The van der Waals surface area contributed by atoms with Crippen molar-refractivity contribution in [3.63, 3.8) is 0 Å². The summed E-state index contributed by atoms with van der Waals surface area (Å²) in [6, 6.07) is 7.42. The van der Waals surface area contributed by atoms with Gasteiger partial charge in [-0.25, -0.2) is 14.4 Å². The molecule has 0 saturated heterocycles. The number of carbonyl (C=O) groups is 2. The van der Waals surface area contributed by atoms with Gasteiger partial charge in [-0.15, -0.1) is 0 Å². The molecule has 9 N–H and O–H groups in total. The lowest BCUT2D eigenvalue weighted by atomic mass is 10.0. The fraction of sp³-hybridized carbons (Fsp3) is 0.344. The number of nitrogens with two attached hydrogens (primary N) is 3. The van der Waals surface area contributed by atoms with E-state index in [0.717, 1.165) is 5.56 Å². The molecule has 4 rings (SSSR count). The Morgan fingerprint density at radius 3 is 2.57 bits per heavy atom. The average molecular weight is 651 g/mol. The smallest absolute Gasteiger partial charge is 0.251 e. The quantitative estimate of drug-likeness (QED) is 0.0636. The molecule has 250 valence electrons. The summed E-state index contributed by atoms with van der Waals surface area (Å²) >= 11 is 0. The van der Waals surface area contributed by atoms with E-state index < -0.39 is 17.7 Å². The maximum atomic E-state index is 14.8. The van der Waals surface area contributed by atoms with Crippen LogP contribution in [-0.2, 0) is 11.2 Å². The molecule has 13 nitrogen and oxygen atoms in total. The Balaban J connectivity index is 1.37. The van der Waals surface area contributed by atoms with Crippen LogP contribution in [0.4, 0.5) is 20.3 Å². The summed E-state index contributed by atoms with van der Waals surface area (Å²) in [4.78, 5) is 38.1. The number of carbonyl (C=O) groups excluding carboxylic acids is 2. The number of halogens is 2. The Labute approximate surface area is 271 Å².